The van der Waals surface area contributed by atoms with E-state index in [1.807, 2.05) is 6.92 Å². The summed E-state index contributed by atoms with van der Waals surface area (Å²) in [5, 5.41) is 0. The highest BCUT2D eigenvalue weighted by atomic mass is 32.2. The van der Waals surface area contributed by atoms with Gasteiger partial charge in [0, 0.05) is 26.2 Å². The topological polar surface area (TPSA) is 85.4 Å². The van der Waals surface area contributed by atoms with Gasteiger partial charge in [0.05, 0.1) is 31.8 Å². The van der Waals surface area contributed by atoms with Gasteiger partial charge in [-0.2, -0.15) is 4.31 Å². The van der Waals surface area contributed by atoms with Crippen molar-refractivity contribution in [2.45, 2.75) is 18.2 Å². The number of carbonyl (C=O) groups excluding carboxylic acids is 1. The van der Waals surface area contributed by atoms with Crippen molar-refractivity contribution in [2.24, 2.45) is 0 Å². The summed E-state index contributed by atoms with van der Waals surface area (Å²) in [6.45, 7) is 3.20. The molecule has 1 amide bonds. The monoisotopic (exact) mass is 448 g/mol. The average Bonchev–Trinajstić information content (AvgIpc) is 3.04. The SMILES string of the molecule is COc1ccc(C(=O)N2CCCN(S(=O)(=O)c3ccc(C)cc3)CC2)c(OC)c1OC. The lowest BCUT2D eigenvalue weighted by molar-refractivity contribution is 0.0760. The van der Waals surface area contributed by atoms with E-state index in [-0.39, 0.29) is 23.9 Å². The zero-order valence-corrected chi connectivity index (χ0v) is 19.1. The Labute approximate surface area is 183 Å². The molecule has 2 aromatic carbocycles. The van der Waals surface area contributed by atoms with Gasteiger partial charge in [0.15, 0.2) is 11.5 Å². The second-order valence-corrected chi connectivity index (χ2v) is 9.18. The van der Waals surface area contributed by atoms with Gasteiger partial charge in [0.25, 0.3) is 5.91 Å². The highest BCUT2D eigenvalue weighted by molar-refractivity contribution is 7.89. The number of amides is 1. The number of ether oxygens (including phenoxy) is 3. The third-order valence-corrected chi connectivity index (χ3v) is 7.25. The van der Waals surface area contributed by atoms with Gasteiger partial charge >= 0.3 is 0 Å². The fourth-order valence-corrected chi connectivity index (χ4v) is 5.11. The summed E-state index contributed by atoms with van der Waals surface area (Å²) in [5.41, 5.74) is 1.34. The number of hydrogen-bond donors (Lipinski definition) is 0. The van der Waals surface area contributed by atoms with Crippen molar-refractivity contribution in [1.29, 1.82) is 0 Å². The molecule has 0 atom stereocenters. The summed E-state index contributed by atoms with van der Waals surface area (Å²) in [6.07, 6.45) is 0.534. The van der Waals surface area contributed by atoms with Crippen molar-refractivity contribution in [3.05, 3.63) is 47.5 Å². The second-order valence-electron chi connectivity index (χ2n) is 7.24. The molecule has 2 aromatic rings. The van der Waals surface area contributed by atoms with E-state index < -0.39 is 10.0 Å². The lowest BCUT2D eigenvalue weighted by Crippen LogP contribution is -2.37. The molecule has 31 heavy (non-hydrogen) atoms. The predicted octanol–water partition coefficient (Wildman–Crippen LogP) is 2.56. The van der Waals surface area contributed by atoms with Crippen LogP contribution in [0.25, 0.3) is 0 Å². The molecule has 0 unspecified atom stereocenters. The molecule has 9 heteroatoms. The number of sulfonamides is 1. The van der Waals surface area contributed by atoms with E-state index >= 15 is 0 Å². The lowest BCUT2D eigenvalue weighted by atomic mass is 10.1. The lowest BCUT2D eigenvalue weighted by Gasteiger charge is -2.23. The molecule has 0 aliphatic carbocycles. The first-order valence-electron chi connectivity index (χ1n) is 9.98. The molecule has 1 fully saturated rings. The Hall–Kier alpha value is -2.78. The molecule has 1 aliphatic heterocycles. The molecule has 0 bridgehead atoms. The van der Waals surface area contributed by atoms with Crippen LogP contribution in [0, 0.1) is 6.92 Å². The van der Waals surface area contributed by atoms with Crippen LogP contribution in [0.4, 0.5) is 0 Å². The molecule has 168 valence electrons. The quantitative estimate of drug-likeness (QED) is 0.675. The first kappa shape index (κ1) is 22.9. The smallest absolute Gasteiger partial charge is 0.257 e. The van der Waals surface area contributed by atoms with Crippen molar-refractivity contribution < 1.29 is 27.4 Å². The van der Waals surface area contributed by atoms with Crippen LogP contribution in [0.1, 0.15) is 22.3 Å². The molecular weight excluding hydrogens is 420 g/mol. The van der Waals surface area contributed by atoms with Crippen LogP contribution in [0.2, 0.25) is 0 Å². The summed E-state index contributed by atoms with van der Waals surface area (Å²) in [6, 6.07) is 10.1. The van der Waals surface area contributed by atoms with Crippen LogP contribution in [0.15, 0.2) is 41.3 Å². The van der Waals surface area contributed by atoms with Crippen molar-refractivity contribution in [2.75, 3.05) is 47.5 Å². The van der Waals surface area contributed by atoms with E-state index in [0.29, 0.717) is 42.3 Å². The minimum Gasteiger partial charge on any atom is -0.493 e. The minimum absolute atomic E-state index is 0.220. The average molecular weight is 449 g/mol. The zero-order chi connectivity index (χ0) is 22.6. The molecule has 8 nitrogen and oxygen atoms in total. The molecule has 1 aliphatic rings. The van der Waals surface area contributed by atoms with E-state index in [4.69, 9.17) is 14.2 Å². The van der Waals surface area contributed by atoms with E-state index in [1.54, 1.807) is 41.3 Å². The Morgan fingerprint density at radius 2 is 1.52 bits per heavy atom. The van der Waals surface area contributed by atoms with Gasteiger partial charge in [-0.3, -0.25) is 4.79 Å². The first-order chi connectivity index (χ1) is 14.8. The summed E-state index contributed by atoms with van der Waals surface area (Å²) in [4.78, 5) is 15.2. The van der Waals surface area contributed by atoms with Gasteiger partial charge in [0.1, 0.15) is 0 Å². The van der Waals surface area contributed by atoms with Crippen LogP contribution in [0.3, 0.4) is 0 Å². The van der Waals surface area contributed by atoms with E-state index in [1.165, 1.54) is 25.6 Å². The number of rotatable bonds is 6. The van der Waals surface area contributed by atoms with Crippen LogP contribution >= 0.6 is 0 Å². The van der Waals surface area contributed by atoms with Gasteiger partial charge < -0.3 is 19.1 Å². The molecule has 0 radical (unpaired) electrons. The third-order valence-electron chi connectivity index (χ3n) is 5.34. The number of benzene rings is 2. The van der Waals surface area contributed by atoms with Gasteiger partial charge in [-0.05, 0) is 37.6 Å². The Morgan fingerprint density at radius 3 is 2.13 bits per heavy atom. The molecule has 0 saturated carbocycles. The predicted molar refractivity (Wildman–Crippen MR) is 117 cm³/mol. The van der Waals surface area contributed by atoms with E-state index in [0.717, 1.165) is 5.56 Å². The van der Waals surface area contributed by atoms with E-state index in [2.05, 4.69) is 0 Å². The van der Waals surface area contributed by atoms with Gasteiger partial charge in [-0.1, -0.05) is 17.7 Å². The van der Waals surface area contributed by atoms with Gasteiger partial charge in [-0.25, -0.2) is 8.42 Å². The number of carbonyl (C=O) groups is 1. The molecule has 0 N–H and O–H groups in total. The summed E-state index contributed by atoms with van der Waals surface area (Å²) < 4.78 is 43.6. The van der Waals surface area contributed by atoms with Crippen LogP contribution in [-0.4, -0.2) is 71.0 Å². The first-order valence-corrected chi connectivity index (χ1v) is 11.4. The summed E-state index contributed by atoms with van der Waals surface area (Å²) in [7, 11) is 0.842. The second kappa shape index (κ2) is 9.57. The summed E-state index contributed by atoms with van der Waals surface area (Å²) in [5.74, 6) is 0.851. The highest BCUT2D eigenvalue weighted by Crippen LogP contribution is 2.40. The molecule has 0 spiro atoms. The molecular formula is C22H28N2O6S. The number of nitrogens with zero attached hydrogens (tertiary/aromatic N) is 2. The molecule has 3 rings (SSSR count). The van der Waals surface area contributed by atoms with Crippen LogP contribution < -0.4 is 14.2 Å². The Balaban J connectivity index is 1.81. The van der Waals surface area contributed by atoms with Gasteiger partial charge in [-0.15, -0.1) is 0 Å². The normalized spacial score (nSPS) is 15.3. The zero-order valence-electron chi connectivity index (χ0n) is 18.3. The van der Waals surface area contributed by atoms with Gasteiger partial charge in [0.2, 0.25) is 15.8 Å². The maximum absolute atomic E-state index is 13.2. The van der Waals surface area contributed by atoms with Crippen molar-refractivity contribution in [3.63, 3.8) is 0 Å². The largest absolute Gasteiger partial charge is 0.493 e. The fraction of sp³-hybridized carbons (Fsp3) is 0.409. The highest BCUT2D eigenvalue weighted by Gasteiger charge is 2.30. The van der Waals surface area contributed by atoms with Crippen LogP contribution in [-0.2, 0) is 10.0 Å². The van der Waals surface area contributed by atoms with Crippen molar-refractivity contribution in [3.8, 4) is 17.2 Å². The molecule has 0 aromatic heterocycles. The maximum atomic E-state index is 13.2. The standard InChI is InChI=1S/C22H28N2O6S/c1-16-6-8-17(9-7-16)31(26,27)24-13-5-12-23(14-15-24)22(25)18-10-11-19(28-2)21(30-4)20(18)29-3/h6-11H,5,12-15H2,1-4H3. The van der Waals surface area contributed by atoms with Crippen molar-refractivity contribution >= 4 is 15.9 Å². The molecule has 1 heterocycles. The number of methoxy groups -OCH3 is 3. The number of hydrogen-bond acceptors (Lipinski definition) is 6. The Bertz CT molecular complexity index is 1040. The maximum Gasteiger partial charge on any atom is 0.257 e. The number of aryl methyl sites for hydroxylation is 1. The summed E-state index contributed by atoms with van der Waals surface area (Å²) >= 11 is 0. The van der Waals surface area contributed by atoms with Crippen LogP contribution in [0.5, 0.6) is 17.2 Å². The minimum atomic E-state index is -3.61. The van der Waals surface area contributed by atoms with E-state index in [9.17, 15) is 13.2 Å². The fourth-order valence-electron chi connectivity index (χ4n) is 3.64. The van der Waals surface area contributed by atoms with Crippen molar-refractivity contribution in [1.82, 2.24) is 9.21 Å². The molecule has 1 saturated heterocycles. The third kappa shape index (κ3) is 4.62. The Morgan fingerprint density at radius 1 is 0.839 bits per heavy atom. The Kier molecular flexibility index (Phi) is 7.07.